The third-order valence-electron chi connectivity index (χ3n) is 7.36. The van der Waals surface area contributed by atoms with Gasteiger partial charge in [0.1, 0.15) is 5.69 Å². The van der Waals surface area contributed by atoms with Crippen molar-refractivity contribution in [3.8, 4) is 0 Å². The smallest absolute Gasteiger partial charge is 0.268 e. The minimum atomic E-state index is -0.0532. The fraction of sp³-hybridized carbons (Fsp3) is 0.344. The van der Waals surface area contributed by atoms with Gasteiger partial charge >= 0.3 is 0 Å². The van der Waals surface area contributed by atoms with Crippen LogP contribution in [0.3, 0.4) is 0 Å². The summed E-state index contributed by atoms with van der Waals surface area (Å²) in [6, 6.07) is 29.9. The molecule has 0 radical (unpaired) electrons. The SMILES string of the molecule is CCC(N1CCCC1)n1c(C(=O)NC(C)C)c(C(c2ccccc2)c2ccccc2)c2ccccc21. The van der Waals surface area contributed by atoms with Crippen LogP contribution in [0.2, 0.25) is 0 Å². The van der Waals surface area contributed by atoms with Gasteiger partial charge in [0, 0.05) is 36.0 Å². The molecule has 1 aliphatic rings. The lowest BCUT2D eigenvalue weighted by atomic mass is 9.83. The molecule has 0 aliphatic carbocycles. The van der Waals surface area contributed by atoms with Crippen LogP contribution in [0.5, 0.6) is 0 Å². The number of hydrogen-bond donors (Lipinski definition) is 1. The highest BCUT2D eigenvalue weighted by Crippen LogP contribution is 2.42. The number of hydrogen-bond acceptors (Lipinski definition) is 2. The standard InChI is InChI=1S/C32H37N3O/c1-4-28(34-21-13-14-22-34)35-27-20-12-11-19-26(27)30(31(35)32(36)33-23(2)3)29(24-15-7-5-8-16-24)25-17-9-6-10-18-25/h5-12,15-20,23,28-29H,4,13-14,21-22H2,1-3H3,(H,33,36). The first-order chi connectivity index (χ1) is 17.6. The molecule has 36 heavy (non-hydrogen) atoms. The molecule has 0 saturated carbocycles. The molecule has 1 N–H and O–H groups in total. The Balaban J connectivity index is 1.85. The van der Waals surface area contributed by atoms with Gasteiger partial charge in [0.15, 0.2) is 0 Å². The Labute approximate surface area is 214 Å². The zero-order valence-electron chi connectivity index (χ0n) is 21.7. The summed E-state index contributed by atoms with van der Waals surface area (Å²) in [5.41, 5.74) is 5.41. The first-order valence-electron chi connectivity index (χ1n) is 13.4. The Kier molecular flexibility index (Phi) is 7.24. The first-order valence-corrected chi connectivity index (χ1v) is 13.4. The average molecular weight is 480 g/mol. The summed E-state index contributed by atoms with van der Waals surface area (Å²) >= 11 is 0. The maximum absolute atomic E-state index is 14.1. The second kappa shape index (κ2) is 10.7. The van der Waals surface area contributed by atoms with Crippen LogP contribution in [0.1, 0.15) is 79.3 Å². The van der Waals surface area contributed by atoms with E-state index in [0.717, 1.165) is 41.7 Å². The van der Waals surface area contributed by atoms with Crippen LogP contribution < -0.4 is 5.32 Å². The third-order valence-corrected chi connectivity index (χ3v) is 7.36. The maximum atomic E-state index is 14.1. The number of rotatable bonds is 8. The Morgan fingerprint density at radius 2 is 1.39 bits per heavy atom. The molecule has 1 saturated heterocycles. The number of carbonyl (C=O) groups excluding carboxylic acids is 1. The Hall–Kier alpha value is -3.37. The molecular formula is C32H37N3O. The zero-order valence-corrected chi connectivity index (χ0v) is 21.7. The lowest BCUT2D eigenvalue weighted by Crippen LogP contribution is -2.36. The molecular weight excluding hydrogens is 442 g/mol. The van der Waals surface area contributed by atoms with Crippen molar-refractivity contribution in [2.75, 3.05) is 13.1 Å². The van der Waals surface area contributed by atoms with Crippen molar-refractivity contribution >= 4 is 16.8 Å². The molecule has 5 rings (SSSR count). The van der Waals surface area contributed by atoms with Crippen molar-refractivity contribution in [3.63, 3.8) is 0 Å². The van der Waals surface area contributed by atoms with Crippen LogP contribution in [0.15, 0.2) is 84.9 Å². The van der Waals surface area contributed by atoms with Gasteiger partial charge in [0.2, 0.25) is 0 Å². The van der Waals surface area contributed by atoms with Crippen molar-refractivity contribution in [2.45, 2.75) is 58.2 Å². The number of amides is 1. The van der Waals surface area contributed by atoms with Crippen molar-refractivity contribution in [2.24, 2.45) is 0 Å². The van der Waals surface area contributed by atoms with Crippen LogP contribution >= 0.6 is 0 Å². The molecule has 4 aromatic rings. The van der Waals surface area contributed by atoms with Crippen LogP contribution in [0.4, 0.5) is 0 Å². The molecule has 0 bridgehead atoms. The molecule has 2 heterocycles. The average Bonchev–Trinajstić information content (AvgIpc) is 3.54. The number of fused-ring (bicyclic) bond motifs is 1. The molecule has 1 aromatic heterocycles. The minimum Gasteiger partial charge on any atom is -0.349 e. The van der Waals surface area contributed by atoms with E-state index in [2.05, 4.69) is 107 Å². The Morgan fingerprint density at radius 3 is 1.94 bits per heavy atom. The molecule has 0 spiro atoms. The van der Waals surface area contributed by atoms with E-state index in [1.54, 1.807) is 0 Å². The van der Waals surface area contributed by atoms with Crippen LogP contribution in [0, 0.1) is 0 Å². The summed E-state index contributed by atoms with van der Waals surface area (Å²) in [6.45, 7) is 8.47. The number of nitrogens with one attached hydrogen (secondary N) is 1. The number of carbonyl (C=O) groups is 1. The third kappa shape index (κ3) is 4.58. The number of para-hydroxylation sites is 1. The lowest BCUT2D eigenvalue weighted by molar-refractivity contribution is 0.0916. The van der Waals surface area contributed by atoms with Crippen LogP contribution in [-0.2, 0) is 0 Å². The van der Waals surface area contributed by atoms with E-state index in [9.17, 15) is 4.79 Å². The molecule has 1 fully saturated rings. The Bertz CT molecular complexity index is 1260. The van der Waals surface area contributed by atoms with Crippen LogP contribution in [0.25, 0.3) is 10.9 Å². The fourth-order valence-electron chi connectivity index (χ4n) is 5.91. The molecule has 3 aromatic carbocycles. The summed E-state index contributed by atoms with van der Waals surface area (Å²) in [7, 11) is 0. The van der Waals surface area contributed by atoms with E-state index >= 15 is 0 Å². The molecule has 1 atom stereocenters. The van der Waals surface area contributed by atoms with Crippen molar-refractivity contribution in [1.82, 2.24) is 14.8 Å². The van der Waals surface area contributed by atoms with E-state index in [1.807, 2.05) is 13.8 Å². The van der Waals surface area contributed by atoms with Gasteiger partial charge in [-0.15, -0.1) is 0 Å². The van der Waals surface area contributed by atoms with Gasteiger partial charge in [-0.2, -0.15) is 0 Å². The predicted molar refractivity (Wildman–Crippen MR) is 149 cm³/mol. The monoisotopic (exact) mass is 479 g/mol. The second-order valence-corrected chi connectivity index (χ2v) is 10.2. The molecule has 186 valence electrons. The van der Waals surface area contributed by atoms with E-state index in [-0.39, 0.29) is 24.0 Å². The Morgan fingerprint density at radius 1 is 0.833 bits per heavy atom. The van der Waals surface area contributed by atoms with Gasteiger partial charge < -0.3 is 9.88 Å². The highest BCUT2D eigenvalue weighted by molar-refractivity contribution is 6.03. The zero-order chi connectivity index (χ0) is 25.1. The van der Waals surface area contributed by atoms with Gasteiger partial charge in [-0.1, -0.05) is 85.8 Å². The number of benzene rings is 3. The van der Waals surface area contributed by atoms with Crippen molar-refractivity contribution < 1.29 is 4.79 Å². The van der Waals surface area contributed by atoms with Gasteiger partial charge in [-0.25, -0.2) is 0 Å². The molecule has 1 unspecified atom stereocenters. The number of aromatic nitrogens is 1. The molecule has 1 aliphatic heterocycles. The van der Waals surface area contributed by atoms with E-state index in [1.165, 1.54) is 24.0 Å². The van der Waals surface area contributed by atoms with Gasteiger partial charge in [-0.05, 0) is 50.3 Å². The highest BCUT2D eigenvalue weighted by Gasteiger charge is 2.34. The van der Waals surface area contributed by atoms with Crippen LogP contribution in [-0.4, -0.2) is 34.5 Å². The minimum absolute atomic E-state index is 0.00529. The quantitative estimate of drug-likeness (QED) is 0.296. The summed E-state index contributed by atoms with van der Waals surface area (Å²) < 4.78 is 2.35. The normalized spacial score (nSPS) is 15.1. The summed E-state index contributed by atoms with van der Waals surface area (Å²) in [5, 5.41) is 4.40. The molecule has 4 heteroatoms. The number of nitrogens with zero attached hydrogens (tertiary/aromatic N) is 2. The maximum Gasteiger partial charge on any atom is 0.268 e. The molecule has 1 amide bonds. The second-order valence-electron chi connectivity index (χ2n) is 10.2. The summed E-state index contributed by atoms with van der Waals surface area (Å²) in [5.74, 6) is -0.0479. The fourth-order valence-corrected chi connectivity index (χ4v) is 5.91. The van der Waals surface area contributed by atoms with Gasteiger partial charge in [0.25, 0.3) is 5.91 Å². The van der Waals surface area contributed by atoms with Crippen molar-refractivity contribution in [1.29, 1.82) is 0 Å². The molecule has 4 nitrogen and oxygen atoms in total. The largest absolute Gasteiger partial charge is 0.349 e. The summed E-state index contributed by atoms with van der Waals surface area (Å²) in [4.78, 5) is 16.7. The summed E-state index contributed by atoms with van der Waals surface area (Å²) in [6.07, 6.45) is 3.52. The van der Waals surface area contributed by atoms with Gasteiger partial charge in [-0.3, -0.25) is 9.69 Å². The van der Waals surface area contributed by atoms with Crippen molar-refractivity contribution in [3.05, 3.63) is 107 Å². The first kappa shape index (κ1) is 24.3. The topological polar surface area (TPSA) is 37.3 Å². The highest BCUT2D eigenvalue weighted by atomic mass is 16.2. The number of likely N-dealkylation sites (tertiary alicyclic amines) is 1. The van der Waals surface area contributed by atoms with E-state index < -0.39 is 0 Å². The lowest BCUT2D eigenvalue weighted by Gasteiger charge is -2.31. The predicted octanol–water partition coefficient (Wildman–Crippen LogP) is 6.96. The van der Waals surface area contributed by atoms with E-state index in [0.29, 0.717) is 0 Å². The van der Waals surface area contributed by atoms with E-state index in [4.69, 9.17) is 0 Å². The van der Waals surface area contributed by atoms with Gasteiger partial charge in [0.05, 0.1) is 11.7 Å².